The summed E-state index contributed by atoms with van der Waals surface area (Å²) in [6.45, 7) is 3.48. The van der Waals surface area contributed by atoms with Crippen LogP contribution in [0.25, 0.3) is 0 Å². The van der Waals surface area contributed by atoms with Gasteiger partial charge in [0.05, 0.1) is 5.56 Å². The minimum atomic E-state index is -0.403. The van der Waals surface area contributed by atoms with Crippen molar-refractivity contribution in [1.82, 2.24) is 0 Å². The maximum Gasteiger partial charge on any atom is 0.153 e. The van der Waals surface area contributed by atoms with Gasteiger partial charge in [-0.1, -0.05) is 6.07 Å². The van der Waals surface area contributed by atoms with Crippen LogP contribution in [0.1, 0.15) is 21.5 Å². The molecule has 0 saturated carbocycles. The van der Waals surface area contributed by atoms with Crippen molar-refractivity contribution in [3.8, 4) is 0 Å². The molecule has 58 valence electrons. The van der Waals surface area contributed by atoms with Gasteiger partial charge in [0.15, 0.2) is 6.29 Å². The van der Waals surface area contributed by atoms with E-state index >= 15 is 0 Å². The second kappa shape index (κ2) is 2.82. The molecule has 0 bridgehead atoms. The number of hydrogen-bond donors (Lipinski definition) is 0. The normalized spacial score (nSPS) is 9.73. The van der Waals surface area contributed by atoms with Crippen molar-refractivity contribution in [3.63, 3.8) is 0 Å². The third kappa shape index (κ3) is 1.29. The topological polar surface area (TPSA) is 17.1 Å². The second-order valence-corrected chi connectivity index (χ2v) is 2.53. The van der Waals surface area contributed by atoms with E-state index in [1.54, 1.807) is 13.0 Å². The lowest BCUT2D eigenvalue weighted by atomic mass is 10.1. The third-order valence-electron chi connectivity index (χ3n) is 1.81. The second-order valence-electron chi connectivity index (χ2n) is 2.53. The molecule has 1 aromatic rings. The number of rotatable bonds is 1. The number of carbonyl (C=O) groups excluding carboxylic acids is 1. The summed E-state index contributed by atoms with van der Waals surface area (Å²) in [4.78, 5) is 10.3. The van der Waals surface area contributed by atoms with Crippen LogP contribution in [0.4, 0.5) is 4.39 Å². The van der Waals surface area contributed by atoms with Crippen LogP contribution in [0.2, 0.25) is 0 Å². The van der Waals surface area contributed by atoms with Crippen LogP contribution in [0.15, 0.2) is 12.1 Å². The van der Waals surface area contributed by atoms with E-state index in [1.165, 1.54) is 6.07 Å². The van der Waals surface area contributed by atoms with E-state index in [-0.39, 0.29) is 5.56 Å². The van der Waals surface area contributed by atoms with Crippen LogP contribution in [0.5, 0.6) is 0 Å². The van der Waals surface area contributed by atoms with Gasteiger partial charge in [0, 0.05) is 0 Å². The van der Waals surface area contributed by atoms with Gasteiger partial charge in [-0.25, -0.2) is 4.39 Å². The Kier molecular flexibility index (Phi) is 2.03. The van der Waals surface area contributed by atoms with Crippen LogP contribution < -0.4 is 0 Å². The minimum Gasteiger partial charge on any atom is -0.298 e. The molecule has 11 heavy (non-hydrogen) atoms. The van der Waals surface area contributed by atoms with E-state index in [0.29, 0.717) is 11.8 Å². The van der Waals surface area contributed by atoms with Gasteiger partial charge >= 0.3 is 0 Å². The first-order chi connectivity index (χ1) is 5.16. The highest BCUT2D eigenvalue weighted by molar-refractivity contribution is 5.75. The highest BCUT2D eigenvalue weighted by atomic mass is 19.1. The van der Waals surface area contributed by atoms with Crippen LogP contribution in [0.3, 0.4) is 0 Å². The van der Waals surface area contributed by atoms with Crippen molar-refractivity contribution in [1.29, 1.82) is 0 Å². The zero-order valence-corrected chi connectivity index (χ0v) is 6.52. The predicted molar refractivity (Wildman–Crippen MR) is 41.3 cm³/mol. The van der Waals surface area contributed by atoms with Gasteiger partial charge in [-0.3, -0.25) is 4.79 Å². The van der Waals surface area contributed by atoms with Crippen LogP contribution >= 0.6 is 0 Å². The molecule has 2 heteroatoms. The minimum absolute atomic E-state index is 0.133. The number of hydrogen-bond acceptors (Lipinski definition) is 1. The zero-order chi connectivity index (χ0) is 8.43. The largest absolute Gasteiger partial charge is 0.298 e. The smallest absolute Gasteiger partial charge is 0.153 e. The summed E-state index contributed by atoms with van der Waals surface area (Å²) in [5.41, 5.74) is 1.55. The molecule has 0 unspecified atom stereocenters. The molecule has 0 aliphatic carbocycles. The summed E-state index contributed by atoms with van der Waals surface area (Å²) < 4.78 is 13.0. The van der Waals surface area contributed by atoms with Crippen LogP contribution in [-0.4, -0.2) is 6.29 Å². The van der Waals surface area contributed by atoms with Crippen LogP contribution in [-0.2, 0) is 0 Å². The fraction of sp³-hybridized carbons (Fsp3) is 0.222. The van der Waals surface area contributed by atoms with Crippen molar-refractivity contribution in [2.75, 3.05) is 0 Å². The summed E-state index contributed by atoms with van der Waals surface area (Å²) in [6.07, 6.45) is 0.530. The molecule has 0 atom stereocenters. The van der Waals surface area contributed by atoms with Crippen LogP contribution in [0, 0.1) is 19.7 Å². The van der Waals surface area contributed by atoms with E-state index in [0.717, 1.165) is 5.56 Å². The van der Waals surface area contributed by atoms with Crippen molar-refractivity contribution in [2.24, 2.45) is 0 Å². The summed E-state index contributed by atoms with van der Waals surface area (Å²) in [5.74, 6) is -0.403. The number of carbonyl (C=O) groups is 1. The molecule has 0 heterocycles. The van der Waals surface area contributed by atoms with Gasteiger partial charge in [-0.15, -0.1) is 0 Å². The standard InChI is InChI=1S/C9H9FO/c1-6-3-4-8(5-11)9(10)7(6)2/h3-5H,1-2H3. The quantitative estimate of drug-likeness (QED) is 0.564. The first-order valence-corrected chi connectivity index (χ1v) is 3.37. The van der Waals surface area contributed by atoms with E-state index in [2.05, 4.69) is 0 Å². The zero-order valence-electron chi connectivity index (χ0n) is 6.52. The Labute approximate surface area is 64.9 Å². The SMILES string of the molecule is Cc1ccc(C=O)c(F)c1C. The van der Waals surface area contributed by atoms with Gasteiger partial charge in [0.25, 0.3) is 0 Å². The number of halogens is 1. The average Bonchev–Trinajstić information content (AvgIpc) is 2.01. The summed E-state index contributed by atoms with van der Waals surface area (Å²) in [7, 11) is 0. The Morgan fingerprint density at radius 3 is 2.55 bits per heavy atom. The maximum atomic E-state index is 13.0. The highest BCUT2D eigenvalue weighted by Gasteiger charge is 2.05. The molecule has 1 rings (SSSR count). The van der Waals surface area contributed by atoms with Gasteiger partial charge < -0.3 is 0 Å². The first kappa shape index (κ1) is 7.92. The fourth-order valence-electron chi connectivity index (χ4n) is 0.894. The average molecular weight is 152 g/mol. The fourth-order valence-corrected chi connectivity index (χ4v) is 0.894. The van der Waals surface area contributed by atoms with E-state index in [1.807, 2.05) is 6.92 Å². The van der Waals surface area contributed by atoms with Crippen molar-refractivity contribution < 1.29 is 9.18 Å². The molecule has 0 N–H and O–H groups in total. The lowest BCUT2D eigenvalue weighted by Gasteiger charge is -2.01. The summed E-state index contributed by atoms with van der Waals surface area (Å²) in [6, 6.07) is 3.23. The van der Waals surface area contributed by atoms with Crippen molar-refractivity contribution >= 4 is 6.29 Å². The molecule has 0 saturated heterocycles. The summed E-state index contributed by atoms with van der Waals surface area (Å²) >= 11 is 0. The van der Waals surface area contributed by atoms with Gasteiger partial charge in [-0.05, 0) is 31.0 Å². The molecule has 0 aliphatic rings. The van der Waals surface area contributed by atoms with Gasteiger partial charge in [0.2, 0.25) is 0 Å². The number of aryl methyl sites for hydroxylation is 1. The molecular formula is C9H9FO. The third-order valence-corrected chi connectivity index (χ3v) is 1.81. The molecule has 0 radical (unpaired) electrons. The van der Waals surface area contributed by atoms with E-state index < -0.39 is 5.82 Å². The van der Waals surface area contributed by atoms with Gasteiger partial charge in [-0.2, -0.15) is 0 Å². The molecule has 0 aliphatic heterocycles. The number of benzene rings is 1. The maximum absolute atomic E-state index is 13.0. The number of aldehydes is 1. The molecule has 0 spiro atoms. The molecule has 1 aromatic carbocycles. The molecule has 1 nitrogen and oxygen atoms in total. The Morgan fingerprint density at radius 2 is 2.00 bits per heavy atom. The van der Waals surface area contributed by atoms with E-state index in [9.17, 15) is 9.18 Å². The Morgan fingerprint density at radius 1 is 1.36 bits per heavy atom. The summed E-state index contributed by atoms with van der Waals surface area (Å²) in [5, 5.41) is 0. The van der Waals surface area contributed by atoms with E-state index in [4.69, 9.17) is 0 Å². The molecule has 0 amide bonds. The Balaban J connectivity index is 3.36. The van der Waals surface area contributed by atoms with Gasteiger partial charge in [0.1, 0.15) is 5.82 Å². The van der Waals surface area contributed by atoms with Crippen molar-refractivity contribution in [3.05, 3.63) is 34.6 Å². The lowest BCUT2D eigenvalue weighted by Crippen LogP contribution is -1.93. The highest BCUT2D eigenvalue weighted by Crippen LogP contribution is 2.14. The monoisotopic (exact) mass is 152 g/mol. The molecular weight excluding hydrogens is 143 g/mol. The lowest BCUT2D eigenvalue weighted by molar-refractivity contribution is 0.111. The Bertz CT molecular complexity index is 292. The molecule has 0 fully saturated rings. The van der Waals surface area contributed by atoms with Crippen molar-refractivity contribution in [2.45, 2.75) is 13.8 Å². The first-order valence-electron chi connectivity index (χ1n) is 3.37. The predicted octanol–water partition coefficient (Wildman–Crippen LogP) is 2.26. The Hall–Kier alpha value is -1.18. The molecule has 0 aromatic heterocycles.